The first kappa shape index (κ1) is 45.6. The van der Waals surface area contributed by atoms with Gasteiger partial charge in [-0.05, 0) is 25.9 Å². The van der Waals surface area contributed by atoms with Gasteiger partial charge in [0.2, 0.25) is 0 Å². The number of hydrogen-bond acceptors (Lipinski definition) is 6. The summed E-state index contributed by atoms with van der Waals surface area (Å²) in [6.07, 6.45) is 42.8. The van der Waals surface area contributed by atoms with E-state index in [4.69, 9.17) is 15.2 Å². The van der Waals surface area contributed by atoms with Crippen molar-refractivity contribution in [1.29, 1.82) is 0 Å². The number of nitrogens with one attached hydrogen (secondary N) is 1. The highest BCUT2D eigenvalue weighted by atomic mass is 16.6. The number of esters is 1. The highest BCUT2D eigenvalue weighted by Crippen LogP contribution is 2.15. The number of H-pyrrole nitrogens is 1. The quantitative estimate of drug-likeness (QED) is 0.0527. The third-order valence-electron chi connectivity index (χ3n) is 9.98. The lowest BCUT2D eigenvalue weighted by Crippen LogP contribution is -2.35. The van der Waals surface area contributed by atoms with Gasteiger partial charge in [0.25, 0.3) is 0 Å². The molecule has 0 aliphatic rings. The second kappa shape index (κ2) is 36.4. The largest absolute Gasteiger partial charge is 0.462 e. The Kier molecular flexibility index (Phi) is 33.8. The van der Waals surface area contributed by atoms with Crippen molar-refractivity contribution in [2.75, 3.05) is 39.5 Å². The molecule has 0 radical (unpaired) electrons. The standard InChI is InChI=1S/C42H82N4O3/c1-3-5-7-9-11-13-15-17-19-21-23-25-27-29-31-46(32-30-28-26-24-22-20-18-16-14-12-10-8-6-4-2)33-34-48-35-36-49-42(47)41(43)37-40-38-44-39-45-40/h38-39,41H,3-37,43H2,1-2H3,(H,44,45). The summed E-state index contributed by atoms with van der Waals surface area (Å²) >= 11 is 0. The molecule has 288 valence electrons. The van der Waals surface area contributed by atoms with Crippen LogP contribution in [0, 0.1) is 0 Å². The Morgan fingerprint density at radius 2 is 1.02 bits per heavy atom. The van der Waals surface area contributed by atoms with E-state index >= 15 is 0 Å². The van der Waals surface area contributed by atoms with Crippen LogP contribution in [0.4, 0.5) is 0 Å². The first-order valence-corrected chi connectivity index (χ1v) is 21.4. The number of ether oxygens (including phenoxy) is 2. The fraction of sp³-hybridized carbons (Fsp3) is 0.905. The monoisotopic (exact) mass is 691 g/mol. The molecular formula is C42H82N4O3. The van der Waals surface area contributed by atoms with Crippen LogP contribution in [0.2, 0.25) is 0 Å². The molecule has 0 saturated heterocycles. The molecule has 1 aromatic rings. The second-order valence-electron chi connectivity index (χ2n) is 14.7. The first-order valence-electron chi connectivity index (χ1n) is 21.4. The maximum absolute atomic E-state index is 12.2. The van der Waals surface area contributed by atoms with Gasteiger partial charge >= 0.3 is 5.97 Å². The summed E-state index contributed by atoms with van der Waals surface area (Å²) in [5, 5.41) is 0. The minimum Gasteiger partial charge on any atom is -0.462 e. The van der Waals surface area contributed by atoms with Crippen molar-refractivity contribution in [1.82, 2.24) is 14.9 Å². The van der Waals surface area contributed by atoms with Gasteiger partial charge in [-0.2, -0.15) is 0 Å². The van der Waals surface area contributed by atoms with Crippen molar-refractivity contribution < 1.29 is 14.3 Å². The minimum atomic E-state index is -0.689. The molecule has 0 aromatic carbocycles. The van der Waals surface area contributed by atoms with E-state index in [1.165, 1.54) is 180 Å². The van der Waals surface area contributed by atoms with E-state index in [0.29, 0.717) is 19.6 Å². The number of imidazole rings is 1. The summed E-state index contributed by atoms with van der Waals surface area (Å²) in [4.78, 5) is 21.7. The smallest absolute Gasteiger partial charge is 0.323 e. The molecule has 0 bridgehead atoms. The van der Waals surface area contributed by atoms with Crippen molar-refractivity contribution in [3.05, 3.63) is 18.2 Å². The topological polar surface area (TPSA) is 93.5 Å². The lowest BCUT2D eigenvalue weighted by molar-refractivity contribution is -0.146. The van der Waals surface area contributed by atoms with Crippen molar-refractivity contribution in [2.24, 2.45) is 5.73 Å². The summed E-state index contributed by atoms with van der Waals surface area (Å²) in [6.45, 7) is 9.19. The Hall–Kier alpha value is -1.44. The van der Waals surface area contributed by atoms with Gasteiger partial charge in [0.05, 0.1) is 19.5 Å². The van der Waals surface area contributed by atoms with Crippen LogP contribution < -0.4 is 5.73 Å². The van der Waals surface area contributed by atoms with E-state index in [1.807, 2.05) is 0 Å². The number of carbonyl (C=O) groups excluding carboxylic acids is 1. The molecule has 0 amide bonds. The maximum atomic E-state index is 12.2. The molecule has 1 rings (SSSR count). The molecule has 0 saturated carbocycles. The van der Waals surface area contributed by atoms with Crippen LogP contribution in [0.3, 0.4) is 0 Å². The van der Waals surface area contributed by atoms with Gasteiger partial charge in [-0.3, -0.25) is 4.79 Å². The number of aromatic amines is 1. The van der Waals surface area contributed by atoms with Gasteiger partial charge in [-0.15, -0.1) is 0 Å². The average Bonchev–Trinajstić information content (AvgIpc) is 3.62. The van der Waals surface area contributed by atoms with Crippen LogP contribution >= 0.6 is 0 Å². The average molecular weight is 691 g/mol. The molecule has 49 heavy (non-hydrogen) atoms. The number of carbonyl (C=O) groups is 1. The highest BCUT2D eigenvalue weighted by Gasteiger charge is 2.16. The molecule has 0 fully saturated rings. The van der Waals surface area contributed by atoms with E-state index < -0.39 is 12.0 Å². The molecule has 7 heteroatoms. The predicted molar refractivity (Wildman–Crippen MR) is 209 cm³/mol. The van der Waals surface area contributed by atoms with Crippen LogP contribution in [0.25, 0.3) is 0 Å². The Bertz CT molecular complexity index is 759. The summed E-state index contributed by atoms with van der Waals surface area (Å²) in [5.41, 5.74) is 6.80. The zero-order valence-electron chi connectivity index (χ0n) is 32.7. The molecule has 1 atom stereocenters. The normalized spacial score (nSPS) is 12.2. The Morgan fingerprint density at radius 1 is 0.612 bits per heavy atom. The third-order valence-corrected chi connectivity index (χ3v) is 9.98. The number of nitrogens with zero attached hydrogens (tertiary/aromatic N) is 2. The summed E-state index contributed by atoms with van der Waals surface area (Å²) < 4.78 is 11.2. The Balaban J connectivity index is 2.15. The first-order chi connectivity index (χ1) is 24.2. The third kappa shape index (κ3) is 31.1. The summed E-state index contributed by atoms with van der Waals surface area (Å²) in [7, 11) is 0. The number of nitrogens with two attached hydrogens (primary N) is 1. The maximum Gasteiger partial charge on any atom is 0.323 e. The van der Waals surface area contributed by atoms with E-state index in [-0.39, 0.29) is 6.61 Å². The molecular weight excluding hydrogens is 608 g/mol. The summed E-state index contributed by atoms with van der Waals surface area (Å²) in [6, 6.07) is -0.689. The van der Waals surface area contributed by atoms with Gasteiger partial charge in [0.1, 0.15) is 12.6 Å². The van der Waals surface area contributed by atoms with Gasteiger partial charge < -0.3 is 25.1 Å². The predicted octanol–water partition coefficient (Wildman–Crippen LogP) is 11.1. The number of unbranched alkanes of at least 4 members (excludes halogenated alkanes) is 26. The number of hydrogen-bond donors (Lipinski definition) is 2. The number of aromatic nitrogens is 2. The molecule has 1 heterocycles. The van der Waals surface area contributed by atoms with Crippen LogP contribution in [-0.2, 0) is 20.7 Å². The van der Waals surface area contributed by atoms with Gasteiger partial charge in [0.15, 0.2) is 0 Å². The molecule has 3 N–H and O–H groups in total. The van der Waals surface area contributed by atoms with Crippen LogP contribution in [-0.4, -0.2) is 66.3 Å². The van der Waals surface area contributed by atoms with Gasteiger partial charge in [0, 0.05) is 24.9 Å². The van der Waals surface area contributed by atoms with Crippen LogP contribution in [0.15, 0.2) is 12.5 Å². The molecule has 1 unspecified atom stereocenters. The molecule has 0 aliphatic carbocycles. The van der Waals surface area contributed by atoms with Crippen molar-refractivity contribution in [2.45, 2.75) is 206 Å². The fourth-order valence-corrected chi connectivity index (χ4v) is 6.72. The van der Waals surface area contributed by atoms with E-state index in [2.05, 4.69) is 28.7 Å². The van der Waals surface area contributed by atoms with Crippen molar-refractivity contribution in [3.63, 3.8) is 0 Å². The zero-order valence-corrected chi connectivity index (χ0v) is 32.7. The fourth-order valence-electron chi connectivity index (χ4n) is 6.72. The SMILES string of the molecule is CCCCCCCCCCCCCCCCN(CCCCCCCCCCCCCCCC)CCOCCOC(=O)C(N)Cc1cnc[nH]1. The molecule has 0 aliphatic heterocycles. The molecule has 0 spiro atoms. The van der Waals surface area contributed by atoms with Gasteiger partial charge in [-0.1, -0.05) is 181 Å². The van der Waals surface area contributed by atoms with E-state index in [1.54, 1.807) is 12.5 Å². The van der Waals surface area contributed by atoms with Crippen LogP contribution in [0.5, 0.6) is 0 Å². The second-order valence-corrected chi connectivity index (χ2v) is 14.7. The Morgan fingerprint density at radius 3 is 1.41 bits per heavy atom. The Labute approximate surface area is 304 Å². The van der Waals surface area contributed by atoms with Gasteiger partial charge in [-0.25, -0.2) is 4.98 Å². The lowest BCUT2D eigenvalue weighted by Gasteiger charge is -2.22. The zero-order chi connectivity index (χ0) is 35.3. The molecule has 1 aromatic heterocycles. The molecule has 7 nitrogen and oxygen atoms in total. The summed E-state index contributed by atoms with van der Waals surface area (Å²) in [5.74, 6) is -0.393. The van der Waals surface area contributed by atoms with Crippen molar-refractivity contribution >= 4 is 5.97 Å². The lowest BCUT2D eigenvalue weighted by atomic mass is 10.0. The van der Waals surface area contributed by atoms with Crippen molar-refractivity contribution in [3.8, 4) is 0 Å². The van der Waals surface area contributed by atoms with E-state index in [0.717, 1.165) is 25.3 Å². The highest BCUT2D eigenvalue weighted by molar-refractivity contribution is 5.75. The van der Waals surface area contributed by atoms with E-state index in [9.17, 15) is 4.79 Å². The van der Waals surface area contributed by atoms with Crippen LogP contribution in [0.1, 0.15) is 199 Å². The number of rotatable bonds is 39. The minimum absolute atomic E-state index is 0.243.